The largest absolute Gasteiger partial charge is 0.389 e. The predicted molar refractivity (Wildman–Crippen MR) is 68.5 cm³/mol. The van der Waals surface area contributed by atoms with Gasteiger partial charge in [0.1, 0.15) is 5.82 Å². The Morgan fingerprint density at radius 2 is 2.06 bits per heavy atom. The molecule has 0 saturated carbocycles. The van der Waals surface area contributed by atoms with Crippen molar-refractivity contribution in [3.63, 3.8) is 0 Å². The third kappa shape index (κ3) is 4.10. The molecule has 0 spiro atoms. The molecule has 16 heavy (non-hydrogen) atoms. The van der Waals surface area contributed by atoms with E-state index in [-0.39, 0.29) is 4.75 Å². The molecule has 0 fully saturated rings. The van der Waals surface area contributed by atoms with Gasteiger partial charge in [0.2, 0.25) is 0 Å². The van der Waals surface area contributed by atoms with Gasteiger partial charge in [0.05, 0.1) is 11.9 Å². The van der Waals surface area contributed by atoms with Gasteiger partial charge in [-0.1, -0.05) is 20.8 Å². The highest BCUT2D eigenvalue weighted by Gasteiger charge is 2.13. The van der Waals surface area contributed by atoms with Crippen LogP contribution in [-0.4, -0.2) is 19.8 Å². The fraction of sp³-hybridized carbons (Fsp3) is 0.667. The zero-order valence-corrected chi connectivity index (χ0v) is 11.4. The summed E-state index contributed by atoms with van der Waals surface area (Å²) in [6.07, 6.45) is 1.23. The average Bonchev–Trinajstić information content (AvgIpc) is 2.13. The van der Waals surface area contributed by atoms with Crippen LogP contribution in [0.15, 0.2) is 6.20 Å². The topological polar surface area (TPSA) is 46.0 Å². The minimum absolute atomic E-state index is 0.222. The molecule has 1 heterocycles. The van der Waals surface area contributed by atoms with Crippen molar-refractivity contribution in [3.05, 3.63) is 23.3 Å². The first-order valence-electron chi connectivity index (χ1n) is 5.44. The van der Waals surface area contributed by atoms with Gasteiger partial charge in [-0.15, -0.1) is 11.8 Å². The molecule has 3 nitrogen and oxygen atoms in total. The summed E-state index contributed by atoms with van der Waals surface area (Å²) >= 11 is 1.82. The van der Waals surface area contributed by atoms with Gasteiger partial charge >= 0.3 is 0 Å². The lowest BCUT2D eigenvalue weighted by Crippen LogP contribution is -2.09. The number of aliphatic hydroxyl groups is 1. The van der Waals surface area contributed by atoms with E-state index in [9.17, 15) is 5.11 Å². The third-order valence-electron chi connectivity index (χ3n) is 2.15. The van der Waals surface area contributed by atoms with Gasteiger partial charge in [0.25, 0.3) is 0 Å². The van der Waals surface area contributed by atoms with Crippen LogP contribution in [0.4, 0.5) is 0 Å². The maximum absolute atomic E-state index is 9.47. The number of rotatable bonds is 3. The van der Waals surface area contributed by atoms with Gasteiger partial charge < -0.3 is 5.11 Å². The molecule has 0 amide bonds. The van der Waals surface area contributed by atoms with E-state index in [2.05, 4.69) is 30.7 Å². The Kier molecular flexibility index (Phi) is 4.33. The van der Waals surface area contributed by atoms with E-state index in [1.165, 1.54) is 0 Å². The summed E-state index contributed by atoms with van der Waals surface area (Å²) < 4.78 is 0.222. The van der Waals surface area contributed by atoms with Crippen LogP contribution < -0.4 is 0 Å². The van der Waals surface area contributed by atoms with Crippen molar-refractivity contribution in [1.29, 1.82) is 0 Å². The van der Waals surface area contributed by atoms with Gasteiger partial charge in [-0.05, 0) is 13.8 Å². The number of thioether (sulfide) groups is 1. The van der Waals surface area contributed by atoms with Crippen LogP contribution in [0.3, 0.4) is 0 Å². The van der Waals surface area contributed by atoms with E-state index in [1.807, 2.05) is 18.7 Å². The number of aryl methyl sites for hydroxylation is 1. The summed E-state index contributed by atoms with van der Waals surface area (Å²) in [6.45, 7) is 10.2. The van der Waals surface area contributed by atoms with E-state index in [0.717, 1.165) is 22.8 Å². The molecule has 90 valence electrons. The molecule has 0 saturated heterocycles. The fourth-order valence-electron chi connectivity index (χ4n) is 1.29. The van der Waals surface area contributed by atoms with Gasteiger partial charge in [0, 0.05) is 22.2 Å². The Bertz CT molecular complexity index is 359. The first-order valence-corrected chi connectivity index (χ1v) is 6.42. The second-order valence-corrected chi connectivity index (χ2v) is 6.71. The van der Waals surface area contributed by atoms with E-state index in [0.29, 0.717) is 0 Å². The zero-order valence-electron chi connectivity index (χ0n) is 10.6. The molecule has 1 aromatic rings. The summed E-state index contributed by atoms with van der Waals surface area (Å²) in [5.41, 5.74) is 1.68. The summed E-state index contributed by atoms with van der Waals surface area (Å²) in [7, 11) is 0. The average molecular weight is 240 g/mol. The third-order valence-corrected chi connectivity index (χ3v) is 3.42. The van der Waals surface area contributed by atoms with Crippen molar-refractivity contribution < 1.29 is 5.11 Å². The van der Waals surface area contributed by atoms with E-state index >= 15 is 0 Å². The number of nitrogens with zero attached hydrogens (tertiary/aromatic N) is 2. The molecule has 1 aromatic heterocycles. The highest BCUT2D eigenvalue weighted by molar-refractivity contribution is 7.99. The second kappa shape index (κ2) is 5.15. The normalized spacial score (nSPS) is 13.9. The molecule has 4 heteroatoms. The van der Waals surface area contributed by atoms with Crippen LogP contribution in [0.25, 0.3) is 0 Å². The summed E-state index contributed by atoms with van der Waals surface area (Å²) in [5, 5.41) is 9.47. The SMILES string of the molecule is Cc1nc(CSC(C)(C)C)ncc1[C@H](C)O. The molecule has 0 aliphatic carbocycles. The van der Waals surface area contributed by atoms with Gasteiger partial charge in [-0.3, -0.25) is 0 Å². The minimum Gasteiger partial charge on any atom is -0.389 e. The molecule has 0 aliphatic rings. The fourth-order valence-corrected chi connectivity index (χ4v) is 1.99. The van der Waals surface area contributed by atoms with Gasteiger partial charge in [-0.2, -0.15) is 0 Å². The lowest BCUT2D eigenvalue weighted by atomic mass is 10.1. The predicted octanol–water partition coefficient (Wildman–Crippen LogP) is 2.87. The molecule has 0 aromatic carbocycles. The lowest BCUT2D eigenvalue weighted by Gasteiger charge is -2.17. The number of aliphatic hydroxyl groups excluding tert-OH is 1. The monoisotopic (exact) mass is 240 g/mol. The highest BCUT2D eigenvalue weighted by Crippen LogP contribution is 2.26. The van der Waals surface area contributed by atoms with Crippen molar-refractivity contribution in [3.8, 4) is 0 Å². The van der Waals surface area contributed by atoms with Gasteiger partial charge in [0.15, 0.2) is 0 Å². The quantitative estimate of drug-likeness (QED) is 0.882. The Labute approximate surface area is 102 Å². The lowest BCUT2D eigenvalue weighted by molar-refractivity contribution is 0.197. The zero-order chi connectivity index (χ0) is 12.3. The number of hydrogen-bond acceptors (Lipinski definition) is 4. The summed E-state index contributed by atoms with van der Waals surface area (Å²) in [4.78, 5) is 8.68. The van der Waals surface area contributed by atoms with Crippen LogP contribution in [0.1, 0.15) is 50.9 Å². The first kappa shape index (κ1) is 13.5. The van der Waals surface area contributed by atoms with Crippen molar-refractivity contribution >= 4 is 11.8 Å². The van der Waals surface area contributed by atoms with E-state index in [4.69, 9.17) is 0 Å². The van der Waals surface area contributed by atoms with Crippen molar-refractivity contribution in [2.24, 2.45) is 0 Å². The smallest absolute Gasteiger partial charge is 0.138 e. The highest BCUT2D eigenvalue weighted by atomic mass is 32.2. The molecule has 1 atom stereocenters. The molecule has 0 aliphatic heterocycles. The molecule has 0 radical (unpaired) electrons. The Hall–Kier alpha value is -0.610. The summed E-state index contributed by atoms with van der Waals surface area (Å²) in [5.74, 6) is 1.64. The summed E-state index contributed by atoms with van der Waals surface area (Å²) in [6, 6.07) is 0. The van der Waals surface area contributed by atoms with Gasteiger partial charge in [-0.25, -0.2) is 9.97 Å². The maximum atomic E-state index is 9.47. The molecule has 1 N–H and O–H groups in total. The first-order chi connectivity index (χ1) is 7.29. The number of hydrogen-bond donors (Lipinski definition) is 1. The Balaban J connectivity index is 2.74. The van der Waals surface area contributed by atoms with Crippen LogP contribution in [0, 0.1) is 6.92 Å². The standard InChI is InChI=1S/C12H20N2OS/c1-8-10(9(2)15)6-13-11(14-8)7-16-12(3,4)5/h6,9,15H,7H2,1-5H3/t9-/m0/s1. The molecular weight excluding hydrogens is 220 g/mol. The van der Waals surface area contributed by atoms with Crippen LogP contribution >= 0.6 is 11.8 Å². The minimum atomic E-state index is -0.496. The van der Waals surface area contributed by atoms with Crippen LogP contribution in [0.5, 0.6) is 0 Å². The molecule has 0 bridgehead atoms. The van der Waals surface area contributed by atoms with Crippen molar-refractivity contribution in [2.45, 2.75) is 51.2 Å². The second-order valence-electron chi connectivity index (χ2n) is 4.90. The van der Waals surface area contributed by atoms with Crippen LogP contribution in [-0.2, 0) is 5.75 Å². The maximum Gasteiger partial charge on any atom is 0.138 e. The molecule has 0 unspecified atom stereocenters. The van der Waals surface area contributed by atoms with Crippen LogP contribution in [0.2, 0.25) is 0 Å². The van der Waals surface area contributed by atoms with Crippen molar-refractivity contribution in [2.75, 3.05) is 0 Å². The molecule has 1 rings (SSSR count). The Morgan fingerprint density at radius 1 is 1.44 bits per heavy atom. The number of aromatic nitrogens is 2. The van der Waals surface area contributed by atoms with Crippen molar-refractivity contribution in [1.82, 2.24) is 9.97 Å². The molecular formula is C12H20N2OS. The van der Waals surface area contributed by atoms with E-state index < -0.39 is 6.10 Å². The van der Waals surface area contributed by atoms with E-state index in [1.54, 1.807) is 13.1 Å². The Morgan fingerprint density at radius 3 is 2.50 bits per heavy atom.